The quantitative estimate of drug-likeness (QED) is 0.537. The molecule has 3 nitrogen and oxygen atoms in total. The molecule has 0 bridgehead atoms. The van der Waals surface area contributed by atoms with E-state index in [2.05, 4.69) is 5.32 Å². The summed E-state index contributed by atoms with van der Waals surface area (Å²) in [6, 6.07) is 0. The molecular formula is C6H12N2OS. The lowest BCUT2D eigenvalue weighted by Crippen LogP contribution is -2.47. The highest BCUT2D eigenvalue weighted by atomic mass is 32.1. The maximum absolute atomic E-state index is 8.61. The van der Waals surface area contributed by atoms with Gasteiger partial charge in [0.1, 0.15) is 0 Å². The molecule has 0 aliphatic carbocycles. The van der Waals surface area contributed by atoms with E-state index in [0.29, 0.717) is 6.54 Å². The number of hydrogen-bond acceptors (Lipinski definition) is 2. The predicted molar refractivity (Wildman–Crippen MR) is 43.9 cm³/mol. The van der Waals surface area contributed by atoms with Gasteiger partial charge in [-0.25, -0.2) is 0 Å². The molecule has 0 spiro atoms. The zero-order chi connectivity index (χ0) is 7.40. The normalized spacial score (nSPS) is 18.9. The molecule has 0 unspecified atom stereocenters. The lowest BCUT2D eigenvalue weighted by molar-refractivity contribution is 0.241. The van der Waals surface area contributed by atoms with Crippen molar-refractivity contribution in [1.29, 1.82) is 0 Å². The van der Waals surface area contributed by atoms with Gasteiger partial charge in [0.25, 0.3) is 0 Å². The number of nitrogens with one attached hydrogen (secondary N) is 1. The van der Waals surface area contributed by atoms with Crippen molar-refractivity contribution in [3.8, 4) is 0 Å². The fourth-order valence-electron chi connectivity index (χ4n) is 1.01. The summed E-state index contributed by atoms with van der Waals surface area (Å²) >= 11 is 5.00. The van der Waals surface area contributed by atoms with Crippen LogP contribution in [0.2, 0.25) is 0 Å². The average molecular weight is 160 g/mol. The van der Waals surface area contributed by atoms with E-state index in [1.807, 2.05) is 4.90 Å². The predicted octanol–water partition coefficient (Wildman–Crippen LogP) is -0.441. The molecule has 1 aliphatic heterocycles. The third kappa shape index (κ3) is 1.82. The van der Waals surface area contributed by atoms with Gasteiger partial charge < -0.3 is 15.3 Å². The maximum atomic E-state index is 8.61. The van der Waals surface area contributed by atoms with Crippen LogP contribution in [-0.4, -0.2) is 41.4 Å². The highest BCUT2D eigenvalue weighted by Crippen LogP contribution is 1.97. The Morgan fingerprint density at radius 3 is 3.10 bits per heavy atom. The number of β-amino-alcohol motifs (C(OH)–C–C–N with tert-alkyl or cyclic N) is 1. The van der Waals surface area contributed by atoms with Gasteiger partial charge in [-0.05, 0) is 18.6 Å². The van der Waals surface area contributed by atoms with E-state index in [9.17, 15) is 0 Å². The molecule has 1 aliphatic rings. The third-order valence-electron chi connectivity index (χ3n) is 1.54. The molecule has 1 rings (SSSR count). The van der Waals surface area contributed by atoms with Crippen LogP contribution >= 0.6 is 12.2 Å². The molecule has 1 heterocycles. The van der Waals surface area contributed by atoms with Crippen molar-refractivity contribution in [3.63, 3.8) is 0 Å². The van der Waals surface area contributed by atoms with Crippen LogP contribution < -0.4 is 5.32 Å². The van der Waals surface area contributed by atoms with Crippen LogP contribution in [0.1, 0.15) is 6.42 Å². The Labute approximate surface area is 66.0 Å². The van der Waals surface area contributed by atoms with Gasteiger partial charge in [-0.15, -0.1) is 0 Å². The van der Waals surface area contributed by atoms with Crippen molar-refractivity contribution in [2.45, 2.75) is 6.42 Å². The summed E-state index contributed by atoms with van der Waals surface area (Å²) in [4.78, 5) is 1.98. The number of aliphatic hydroxyl groups excluding tert-OH is 1. The minimum Gasteiger partial charge on any atom is -0.395 e. The van der Waals surface area contributed by atoms with Crippen LogP contribution in [-0.2, 0) is 0 Å². The summed E-state index contributed by atoms with van der Waals surface area (Å²) in [6.45, 7) is 2.79. The second kappa shape index (κ2) is 3.73. The van der Waals surface area contributed by atoms with Crippen molar-refractivity contribution >= 4 is 17.3 Å². The molecule has 0 amide bonds. The van der Waals surface area contributed by atoms with Gasteiger partial charge in [0, 0.05) is 19.6 Å². The number of thiocarbonyl (C=S) groups is 1. The molecule has 2 N–H and O–H groups in total. The molecule has 0 aromatic carbocycles. The Hall–Kier alpha value is -0.350. The second-order valence-electron chi connectivity index (χ2n) is 2.30. The summed E-state index contributed by atoms with van der Waals surface area (Å²) in [7, 11) is 0. The fraction of sp³-hybridized carbons (Fsp3) is 0.833. The molecule has 4 heteroatoms. The maximum Gasteiger partial charge on any atom is 0.169 e. The number of nitrogens with zero attached hydrogens (tertiary/aromatic N) is 1. The van der Waals surface area contributed by atoms with Gasteiger partial charge in [0.15, 0.2) is 5.11 Å². The first-order valence-electron chi connectivity index (χ1n) is 3.48. The Kier molecular flexibility index (Phi) is 2.89. The van der Waals surface area contributed by atoms with E-state index < -0.39 is 0 Å². The van der Waals surface area contributed by atoms with Crippen LogP contribution in [0.25, 0.3) is 0 Å². The van der Waals surface area contributed by atoms with Gasteiger partial charge in [0.2, 0.25) is 0 Å². The molecule has 1 fully saturated rings. The smallest absolute Gasteiger partial charge is 0.169 e. The summed E-state index contributed by atoms with van der Waals surface area (Å²) in [5.41, 5.74) is 0. The van der Waals surface area contributed by atoms with Crippen LogP contribution in [0, 0.1) is 0 Å². The van der Waals surface area contributed by atoms with E-state index >= 15 is 0 Å². The Balaban J connectivity index is 2.32. The third-order valence-corrected chi connectivity index (χ3v) is 1.94. The minimum atomic E-state index is 0.182. The van der Waals surface area contributed by atoms with E-state index in [1.165, 1.54) is 0 Å². The van der Waals surface area contributed by atoms with Crippen LogP contribution in [0.15, 0.2) is 0 Å². The zero-order valence-electron chi connectivity index (χ0n) is 5.84. The van der Waals surface area contributed by atoms with E-state index in [4.69, 9.17) is 17.3 Å². The van der Waals surface area contributed by atoms with Gasteiger partial charge in [-0.3, -0.25) is 0 Å². The SMILES string of the molecule is OCCN1CCCNC1=S. The van der Waals surface area contributed by atoms with Crippen molar-refractivity contribution in [1.82, 2.24) is 10.2 Å². The van der Waals surface area contributed by atoms with Gasteiger partial charge in [0.05, 0.1) is 6.61 Å². The highest BCUT2D eigenvalue weighted by Gasteiger charge is 2.11. The van der Waals surface area contributed by atoms with Crippen LogP contribution in [0.5, 0.6) is 0 Å². The molecule has 58 valence electrons. The van der Waals surface area contributed by atoms with Crippen molar-refractivity contribution in [2.75, 3.05) is 26.2 Å². The topological polar surface area (TPSA) is 35.5 Å². The van der Waals surface area contributed by atoms with Gasteiger partial charge in [-0.1, -0.05) is 0 Å². The fourth-order valence-corrected chi connectivity index (χ4v) is 1.30. The lowest BCUT2D eigenvalue weighted by Gasteiger charge is -2.29. The minimum absolute atomic E-state index is 0.182. The molecule has 0 aromatic rings. The van der Waals surface area contributed by atoms with Crippen LogP contribution in [0.3, 0.4) is 0 Å². The van der Waals surface area contributed by atoms with Crippen molar-refractivity contribution < 1.29 is 5.11 Å². The first kappa shape index (κ1) is 7.75. The standard InChI is InChI=1S/C6H12N2OS/c9-5-4-8-3-1-2-7-6(8)10/h9H,1-5H2,(H,7,10). The number of aliphatic hydroxyl groups is 1. The van der Waals surface area contributed by atoms with E-state index in [1.54, 1.807) is 0 Å². The number of hydrogen-bond donors (Lipinski definition) is 2. The average Bonchev–Trinajstić information content (AvgIpc) is 1.94. The van der Waals surface area contributed by atoms with Gasteiger partial charge >= 0.3 is 0 Å². The molecule has 0 radical (unpaired) electrons. The first-order chi connectivity index (χ1) is 4.84. The molecule has 0 saturated carbocycles. The van der Waals surface area contributed by atoms with Gasteiger partial charge in [-0.2, -0.15) is 0 Å². The highest BCUT2D eigenvalue weighted by molar-refractivity contribution is 7.80. The molecule has 0 atom stereocenters. The zero-order valence-corrected chi connectivity index (χ0v) is 6.65. The van der Waals surface area contributed by atoms with E-state index in [-0.39, 0.29) is 6.61 Å². The number of rotatable bonds is 2. The molecule has 10 heavy (non-hydrogen) atoms. The summed E-state index contributed by atoms with van der Waals surface area (Å²) in [5.74, 6) is 0. The lowest BCUT2D eigenvalue weighted by atomic mass is 10.3. The van der Waals surface area contributed by atoms with Crippen LogP contribution in [0.4, 0.5) is 0 Å². The molecule has 0 aromatic heterocycles. The Morgan fingerprint density at radius 2 is 2.50 bits per heavy atom. The second-order valence-corrected chi connectivity index (χ2v) is 2.68. The summed E-state index contributed by atoms with van der Waals surface area (Å²) < 4.78 is 0. The summed E-state index contributed by atoms with van der Waals surface area (Å²) in [5, 5.41) is 12.4. The first-order valence-corrected chi connectivity index (χ1v) is 3.89. The van der Waals surface area contributed by atoms with E-state index in [0.717, 1.165) is 24.6 Å². The monoisotopic (exact) mass is 160 g/mol. The van der Waals surface area contributed by atoms with Crippen molar-refractivity contribution in [2.24, 2.45) is 0 Å². The molecular weight excluding hydrogens is 148 g/mol. The Bertz CT molecular complexity index is 127. The largest absolute Gasteiger partial charge is 0.395 e. The Morgan fingerprint density at radius 1 is 1.70 bits per heavy atom. The summed E-state index contributed by atoms with van der Waals surface area (Å²) in [6.07, 6.45) is 1.11. The van der Waals surface area contributed by atoms with Crippen molar-refractivity contribution in [3.05, 3.63) is 0 Å². The molecule has 1 saturated heterocycles.